The molecule has 0 fully saturated rings. The van der Waals surface area contributed by atoms with Crippen LogP contribution in [0.2, 0.25) is 0 Å². The Morgan fingerprint density at radius 3 is 2.50 bits per heavy atom. The molecule has 5 nitrogen and oxygen atoms in total. The number of Topliss-reactive ketones (excluding diaryl/α,β-unsaturated/α-hetero) is 1. The first-order valence-corrected chi connectivity index (χ1v) is 5.48. The maximum Gasteiger partial charge on any atom is 0.224 e. The smallest absolute Gasteiger partial charge is 0.224 e. The molecular formula is C13H17NO4. The van der Waals surface area contributed by atoms with E-state index >= 15 is 0 Å². The number of rotatable bonds is 6. The second-order valence-corrected chi connectivity index (χ2v) is 3.90. The van der Waals surface area contributed by atoms with Crippen LogP contribution in [0.4, 0.5) is 0 Å². The summed E-state index contributed by atoms with van der Waals surface area (Å²) in [7, 11) is 2.97. The second kappa shape index (κ2) is 6.16. The van der Waals surface area contributed by atoms with Gasteiger partial charge in [0.1, 0.15) is 11.9 Å². The molecule has 0 aliphatic rings. The predicted molar refractivity (Wildman–Crippen MR) is 66.3 cm³/mol. The van der Waals surface area contributed by atoms with Crippen LogP contribution < -0.4 is 10.5 Å². The van der Waals surface area contributed by atoms with Gasteiger partial charge in [-0.25, -0.2) is 0 Å². The van der Waals surface area contributed by atoms with Crippen LogP contribution in [0.25, 0.3) is 0 Å². The van der Waals surface area contributed by atoms with Crippen LogP contribution in [0.1, 0.15) is 23.7 Å². The molecule has 0 heterocycles. The number of carbonyl (C=O) groups excluding carboxylic acids is 2. The van der Waals surface area contributed by atoms with E-state index in [0.29, 0.717) is 11.3 Å². The third-order valence-electron chi connectivity index (χ3n) is 2.70. The summed E-state index contributed by atoms with van der Waals surface area (Å²) in [6.07, 6.45) is -1.14. The van der Waals surface area contributed by atoms with Gasteiger partial charge in [-0.2, -0.15) is 0 Å². The molecule has 5 heteroatoms. The molecule has 1 amide bonds. The van der Waals surface area contributed by atoms with Crippen LogP contribution in [0.3, 0.4) is 0 Å². The van der Waals surface area contributed by atoms with Crippen LogP contribution in [0.15, 0.2) is 18.2 Å². The van der Waals surface area contributed by atoms with Crippen LogP contribution in [0.5, 0.6) is 5.75 Å². The van der Waals surface area contributed by atoms with E-state index in [0.717, 1.165) is 5.56 Å². The van der Waals surface area contributed by atoms with Crippen molar-refractivity contribution in [2.24, 2.45) is 5.73 Å². The van der Waals surface area contributed by atoms with Gasteiger partial charge < -0.3 is 15.2 Å². The number of hydrogen-bond donors (Lipinski definition) is 1. The van der Waals surface area contributed by atoms with Crippen molar-refractivity contribution in [3.63, 3.8) is 0 Å². The molecule has 1 aromatic carbocycles. The third kappa shape index (κ3) is 3.07. The van der Waals surface area contributed by atoms with Gasteiger partial charge in [-0.3, -0.25) is 9.59 Å². The number of ketones is 1. The average Bonchev–Trinajstić information content (AvgIpc) is 2.31. The highest BCUT2D eigenvalue weighted by atomic mass is 16.5. The molecule has 1 rings (SSSR count). The average molecular weight is 251 g/mol. The quantitative estimate of drug-likeness (QED) is 0.769. The minimum Gasteiger partial charge on any atom is -0.496 e. The molecule has 0 aliphatic heterocycles. The minimum absolute atomic E-state index is 0.338. The standard InChI is InChI=1S/C13H17NO4/c1-8-9(5-4-6-11(8)17-2)13(18-3)10(15)7-12(14)16/h4-6,13H,7H2,1-3H3,(H2,14,16). The zero-order valence-electron chi connectivity index (χ0n) is 10.7. The Bertz CT molecular complexity index is 456. The van der Waals surface area contributed by atoms with Gasteiger partial charge in [0.2, 0.25) is 5.91 Å². The van der Waals surface area contributed by atoms with Crippen LogP contribution in [-0.2, 0) is 14.3 Å². The number of methoxy groups -OCH3 is 2. The van der Waals surface area contributed by atoms with Gasteiger partial charge in [0.25, 0.3) is 0 Å². The van der Waals surface area contributed by atoms with Crippen molar-refractivity contribution in [2.45, 2.75) is 19.4 Å². The molecule has 0 radical (unpaired) electrons. The molecule has 1 aromatic rings. The summed E-state index contributed by atoms with van der Waals surface area (Å²) >= 11 is 0. The summed E-state index contributed by atoms with van der Waals surface area (Å²) in [6.45, 7) is 1.83. The molecular weight excluding hydrogens is 234 g/mol. The largest absolute Gasteiger partial charge is 0.496 e. The highest BCUT2D eigenvalue weighted by Crippen LogP contribution is 2.28. The molecule has 2 N–H and O–H groups in total. The second-order valence-electron chi connectivity index (χ2n) is 3.90. The fourth-order valence-corrected chi connectivity index (χ4v) is 1.83. The summed E-state index contributed by atoms with van der Waals surface area (Å²) in [4.78, 5) is 22.7. The van der Waals surface area contributed by atoms with Gasteiger partial charge in [0.05, 0.1) is 13.5 Å². The van der Waals surface area contributed by atoms with Crippen LogP contribution in [0, 0.1) is 6.92 Å². The van der Waals surface area contributed by atoms with Crippen LogP contribution >= 0.6 is 0 Å². The van der Waals surface area contributed by atoms with Gasteiger partial charge in [0.15, 0.2) is 5.78 Å². The van der Waals surface area contributed by atoms with Gasteiger partial charge in [-0.05, 0) is 24.1 Å². The van der Waals surface area contributed by atoms with Gasteiger partial charge in [0, 0.05) is 7.11 Å². The first-order chi connectivity index (χ1) is 8.51. The Hall–Kier alpha value is -1.88. The Labute approximate surface area is 106 Å². The van der Waals surface area contributed by atoms with E-state index in [4.69, 9.17) is 15.2 Å². The summed E-state index contributed by atoms with van der Waals surface area (Å²) in [5, 5.41) is 0. The lowest BCUT2D eigenvalue weighted by atomic mass is 9.98. The lowest BCUT2D eigenvalue weighted by molar-refractivity contribution is -0.133. The normalized spacial score (nSPS) is 11.9. The summed E-state index contributed by atoms with van der Waals surface area (Å²) in [5.41, 5.74) is 6.51. The van der Waals surface area contributed by atoms with Crippen LogP contribution in [-0.4, -0.2) is 25.9 Å². The Kier molecular flexibility index (Phi) is 4.85. The SMILES string of the molecule is COc1cccc(C(OC)C(=O)CC(N)=O)c1C. The molecule has 0 spiro atoms. The summed E-state index contributed by atoms with van der Waals surface area (Å²) in [6, 6.07) is 5.33. The predicted octanol–water partition coefficient (Wildman–Crippen LogP) is 1.14. The zero-order chi connectivity index (χ0) is 13.7. The van der Waals surface area contributed by atoms with E-state index in [1.165, 1.54) is 7.11 Å². The number of hydrogen-bond acceptors (Lipinski definition) is 4. The maximum absolute atomic E-state index is 11.9. The fourth-order valence-electron chi connectivity index (χ4n) is 1.83. The van der Waals surface area contributed by atoms with E-state index in [1.54, 1.807) is 25.3 Å². The summed E-state index contributed by atoms with van der Waals surface area (Å²) in [5.74, 6) is -0.356. The summed E-state index contributed by atoms with van der Waals surface area (Å²) < 4.78 is 10.3. The van der Waals surface area contributed by atoms with E-state index < -0.39 is 12.0 Å². The van der Waals surface area contributed by atoms with Crippen molar-refractivity contribution < 1.29 is 19.1 Å². The molecule has 1 unspecified atom stereocenters. The molecule has 0 aliphatic carbocycles. The first kappa shape index (κ1) is 14.2. The maximum atomic E-state index is 11.9. The monoisotopic (exact) mass is 251 g/mol. The van der Waals surface area contributed by atoms with Crippen molar-refractivity contribution in [3.05, 3.63) is 29.3 Å². The van der Waals surface area contributed by atoms with Crippen molar-refractivity contribution in [2.75, 3.05) is 14.2 Å². The van der Waals surface area contributed by atoms with Crippen molar-refractivity contribution >= 4 is 11.7 Å². The zero-order valence-corrected chi connectivity index (χ0v) is 10.7. The lowest BCUT2D eigenvalue weighted by Crippen LogP contribution is -2.23. The number of carbonyl (C=O) groups is 2. The molecule has 0 bridgehead atoms. The molecule has 98 valence electrons. The van der Waals surface area contributed by atoms with Gasteiger partial charge >= 0.3 is 0 Å². The Morgan fingerprint density at radius 1 is 1.33 bits per heavy atom. The lowest BCUT2D eigenvalue weighted by Gasteiger charge is -2.17. The van der Waals surface area contributed by atoms with Crippen molar-refractivity contribution in [1.29, 1.82) is 0 Å². The fraction of sp³-hybridized carbons (Fsp3) is 0.385. The molecule has 0 saturated heterocycles. The number of amides is 1. The van der Waals surface area contributed by atoms with E-state index in [1.807, 2.05) is 6.92 Å². The number of benzene rings is 1. The Balaban J connectivity index is 3.09. The molecule has 1 atom stereocenters. The van der Waals surface area contributed by atoms with Crippen molar-refractivity contribution in [3.8, 4) is 5.75 Å². The Morgan fingerprint density at radius 2 is 2.00 bits per heavy atom. The number of nitrogens with two attached hydrogens (primary N) is 1. The first-order valence-electron chi connectivity index (χ1n) is 5.48. The minimum atomic E-state index is -0.799. The van der Waals surface area contributed by atoms with E-state index in [-0.39, 0.29) is 12.2 Å². The highest BCUT2D eigenvalue weighted by Gasteiger charge is 2.24. The number of ether oxygens (including phenoxy) is 2. The molecule has 0 aromatic heterocycles. The van der Waals surface area contributed by atoms with E-state index in [9.17, 15) is 9.59 Å². The molecule has 0 saturated carbocycles. The van der Waals surface area contributed by atoms with Gasteiger partial charge in [-0.1, -0.05) is 12.1 Å². The third-order valence-corrected chi connectivity index (χ3v) is 2.70. The van der Waals surface area contributed by atoms with E-state index in [2.05, 4.69) is 0 Å². The topological polar surface area (TPSA) is 78.6 Å². The molecule has 18 heavy (non-hydrogen) atoms. The van der Waals surface area contributed by atoms with Gasteiger partial charge in [-0.15, -0.1) is 0 Å². The highest BCUT2D eigenvalue weighted by molar-refractivity contribution is 6.00. The number of primary amides is 1. The van der Waals surface area contributed by atoms with Crippen molar-refractivity contribution in [1.82, 2.24) is 0 Å².